The van der Waals surface area contributed by atoms with E-state index in [1.54, 1.807) is 25.2 Å². The molecule has 1 aromatic carbocycles. The number of benzene rings is 1. The highest BCUT2D eigenvalue weighted by Gasteiger charge is 2.26. The highest BCUT2D eigenvalue weighted by atomic mass is 16.2. The molecule has 1 aromatic rings. The SMILES string of the molecule is CCNC=O.CNc1ccc2c(c1)C(=O)NC2=O. The van der Waals surface area contributed by atoms with Crippen molar-refractivity contribution in [2.45, 2.75) is 6.92 Å². The molecule has 0 aliphatic carbocycles. The first-order valence-corrected chi connectivity index (χ1v) is 5.48. The van der Waals surface area contributed by atoms with Crippen molar-refractivity contribution in [3.63, 3.8) is 0 Å². The Morgan fingerprint density at radius 2 is 1.89 bits per heavy atom. The second-order valence-electron chi connectivity index (χ2n) is 3.47. The molecule has 0 spiro atoms. The molecule has 0 fully saturated rings. The molecule has 0 bridgehead atoms. The van der Waals surface area contributed by atoms with Crippen LogP contribution in [0.25, 0.3) is 0 Å². The first kappa shape index (κ1) is 13.7. The molecule has 1 heterocycles. The van der Waals surface area contributed by atoms with Crippen LogP contribution in [0.4, 0.5) is 5.69 Å². The minimum atomic E-state index is -0.322. The third kappa shape index (κ3) is 3.07. The molecule has 3 N–H and O–H groups in total. The van der Waals surface area contributed by atoms with Crippen molar-refractivity contribution in [2.75, 3.05) is 18.9 Å². The van der Waals surface area contributed by atoms with E-state index >= 15 is 0 Å². The molecule has 2 rings (SSSR count). The van der Waals surface area contributed by atoms with Gasteiger partial charge in [-0.2, -0.15) is 0 Å². The van der Waals surface area contributed by atoms with Crippen molar-refractivity contribution in [1.29, 1.82) is 0 Å². The Bertz CT molecular complexity index is 472. The molecule has 6 nitrogen and oxygen atoms in total. The van der Waals surface area contributed by atoms with Gasteiger partial charge in [0.2, 0.25) is 6.41 Å². The first-order chi connectivity index (χ1) is 8.63. The molecular formula is C12H15N3O3. The van der Waals surface area contributed by atoms with E-state index in [1.165, 1.54) is 0 Å². The van der Waals surface area contributed by atoms with Crippen LogP contribution >= 0.6 is 0 Å². The second kappa shape index (κ2) is 6.39. The van der Waals surface area contributed by atoms with Gasteiger partial charge < -0.3 is 10.6 Å². The number of imide groups is 1. The van der Waals surface area contributed by atoms with Crippen molar-refractivity contribution in [3.05, 3.63) is 29.3 Å². The van der Waals surface area contributed by atoms with Gasteiger partial charge in [0.05, 0.1) is 11.1 Å². The van der Waals surface area contributed by atoms with Crippen LogP contribution in [-0.2, 0) is 4.79 Å². The summed E-state index contributed by atoms with van der Waals surface area (Å²) in [5.74, 6) is -0.639. The highest BCUT2D eigenvalue weighted by Crippen LogP contribution is 2.19. The van der Waals surface area contributed by atoms with Gasteiger partial charge in [0.25, 0.3) is 11.8 Å². The summed E-state index contributed by atoms with van der Waals surface area (Å²) >= 11 is 0. The number of amides is 3. The Morgan fingerprint density at radius 3 is 2.39 bits per heavy atom. The smallest absolute Gasteiger partial charge is 0.259 e. The number of nitrogens with one attached hydrogen (secondary N) is 3. The van der Waals surface area contributed by atoms with E-state index < -0.39 is 0 Å². The third-order valence-corrected chi connectivity index (χ3v) is 2.31. The number of hydrogen-bond acceptors (Lipinski definition) is 4. The van der Waals surface area contributed by atoms with Crippen LogP contribution in [-0.4, -0.2) is 31.8 Å². The van der Waals surface area contributed by atoms with Gasteiger partial charge in [-0.3, -0.25) is 19.7 Å². The minimum absolute atomic E-state index is 0.317. The summed E-state index contributed by atoms with van der Waals surface area (Å²) in [6.07, 6.45) is 0.681. The van der Waals surface area contributed by atoms with Gasteiger partial charge in [-0.15, -0.1) is 0 Å². The predicted octanol–water partition coefficient (Wildman–Crippen LogP) is 0.364. The molecule has 1 aliphatic heterocycles. The monoisotopic (exact) mass is 249 g/mol. The van der Waals surface area contributed by atoms with Gasteiger partial charge in [-0.05, 0) is 25.1 Å². The van der Waals surface area contributed by atoms with Crippen molar-refractivity contribution < 1.29 is 14.4 Å². The van der Waals surface area contributed by atoms with Crippen LogP contribution in [0.1, 0.15) is 27.6 Å². The summed E-state index contributed by atoms with van der Waals surface area (Å²) in [7, 11) is 1.76. The lowest BCUT2D eigenvalue weighted by atomic mass is 10.1. The van der Waals surface area contributed by atoms with Gasteiger partial charge in [0.15, 0.2) is 0 Å². The zero-order chi connectivity index (χ0) is 13.5. The standard InChI is InChI=1S/C9H8N2O2.C3H7NO/c1-10-5-2-3-6-7(4-5)9(13)11-8(6)12;1-2-4-3-5/h2-4,10H,1H3,(H,11,12,13);3H,2H2,1H3,(H,4,5). The Hall–Kier alpha value is -2.37. The molecule has 0 saturated heterocycles. The molecule has 1 aliphatic rings. The fraction of sp³-hybridized carbons (Fsp3) is 0.250. The van der Waals surface area contributed by atoms with Gasteiger partial charge in [0.1, 0.15) is 0 Å². The summed E-state index contributed by atoms with van der Waals surface area (Å²) in [5.41, 5.74) is 1.71. The van der Waals surface area contributed by atoms with E-state index in [0.29, 0.717) is 17.5 Å². The second-order valence-corrected chi connectivity index (χ2v) is 3.47. The summed E-state index contributed by atoms with van der Waals surface area (Å²) < 4.78 is 0. The summed E-state index contributed by atoms with van der Waals surface area (Å²) in [5, 5.41) is 7.56. The average molecular weight is 249 g/mol. The van der Waals surface area contributed by atoms with Crippen molar-refractivity contribution in [1.82, 2.24) is 10.6 Å². The number of anilines is 1. The average Bonchev–Trinajstić information content (AvgIpc) is 2.66. The lowest BCUT2D eigenvalue weighted by Gasteiger charge is -2.00. The van der Waals surface area contributed by atoms with E-state index in [2.05, 4.69) is 16.0 Å². The zero-order valence-corrected chi connectivity index (χ0v) is 10.2. The maximum atomic E-state index is 11.2. The van der Waals surface area contributed by atoms with Crippen LogP contribution < -0.4 is 16.0 Å². The number of rotatable bonds is 3. The Balaban J connectivity index is 0.000000280. The molecule has 0 radical (unpaired) electrons. The van der Waals surface area contributed by atoms with Gasteiger partial charge in [0, 0.05) is 19.3 Å². The van der Waals surface area contributed by atoms with E-state index in [0.717, 1.165) is 12.2 Å². The molecule has 0 unspecified atom stereocenters. The molecule has 3 amide bonds. The molecule has 96 valence electrons. The fourth-order valence-corrected chi connectivity index (χ4v) is 1.41. The lowest BCUT2D eigenvalue weighted by Crippen LogP contribution is -2.19. The molecular weight excluding hydrogens is 234 g/mol. The fourth-order valence-electron chi connectivity index (χ4n) is 1.41. The molecule has 0 saturated carbocycles. The molecule has 18 heavy (non-hydrogen) atoms. The quantitative estimate of drug-likeness (QED) is 0.533. The minimum Gasteiger partial charge on any atom is -0.388 e. The third-order valence-electron chi connectivity index (χ3n) is 2.31. The van der Waals surface area contributed by atoms with Gasteiger partial charge >= 0.3 is 0 Å². The molecule has 0 atom stereocenters. The highest BCUT2D eigenvalue weighted by molar-refractivity contribution is 6.21. The number of fused-ring (bicyclic) bond motifs is 1. The normalized spacial score (nSPS) is 11.9. The van der Waals surface area contributed by atoms with Crippen molar-refractivity contribution >= 4 is 23.9 Å². The van der Waals surface area contributed by atoms with E-state index in [9.17, 15) is 14.4 Å². The van der Waals surface area contributed by atoms with Crippen LogP contribution in [0.2, 0.25) is 0 Å². The zero-order valence-electron chi connectivity index (χ0n) is 10.2. The summed E-state index contributed by atoms with van der Waals surface area (Å²) in [4.78, 5) is 31.6. The van der Waals surface area contributed by atoms with E-state index in [4.69, 9.17) is 0 Å². The van der Waals surface area contributed by atoms with Crippen LogP contribution in [0.3, 0.4) is 0 Å². The van der Waals surface area contributed by atoms with Crippen LogP contribution in [0.15, 0.2) is 18.2 Å². The predicted molar refractivity (Wildman–Crippen MR) is 67.5 cm³/mol. The lowest BCUT2D eigenvalue weighted by molar-refractivity contribution is -0.109. The van der Waals surface area contributed by atoms with Crippen molar-refractivity contribution in [2.24, 2.45) is 0 Å². The van der Waals surface area contributed by atoms with Crippen LogP contribution in [0.5, 0.6) is 0 Å². The largest absolute Gasteiger partial charge is 0.388 e. The summed E-state index contributed by atoms with van der Waals surface area (Å²) in [6, 6.07) is 5.06. The first-order valence-electron chi connectivity index (χ1n) is 5.48. The van der Waals surface area contributed by atoms with E-state index in [1.807, 2.05) is 6.92 Å². The Labute approximate surface area is 105 Å². The molecule has 0 aromatic heterocycles. The van der Waals surface area contributed by atoms with Crippen molar-refractivity contribution in [3.8, 4) is 0 Å². The van der Waals surface area contributed by atoms with Gasteiger partial charge in [-0.25, -0.2) is 0 Å². The molecule has 6 heteroatoms. The Morgan fingerprint density at radius 1 is 1.22 bits per heavy atom. The number of carbonyl (C=O) groups is 3. The maximum Gasteiger partial charge on any atom is 0.259 e. The Kier molecular flexibility index (Phi) is 4.86. The number of carbonyl (C=O) groups excluding carboxylic acids is 3. The summed E-state index contributed by atoms with van der Waals surface area (Å²) in [6.45, 7) is 2.60. The van der Waals surface area contributed by atoms with Gasteiger partial charge in [-0.1, -0.05) is 0 Å². The van der Waals surface area contributed by atoms with E-state index in [-0.39, 0.29) is 11.8 Å². The topological polar surface area (TPSA) is 87.3 Å². The maximum absolute atomic E-state index is 11.2. The number of hydrogen-bond donors (Lipinski definition) is 3. The van der Waals surface area contributed by atoms with Crippen LogP contribution in [0, 0.1) is 0 Å².